The van der Waals surface area contributed by atoms with Gasteiger partial charge in [-0.25, -0.2) is 0 Å². The van der Waals surface area contributed by atoms with Gasteiger partial charge in [-0.1, -0.05) is 6.42 Å². The molecule has 1 aliphatic carbocycles. The molecule has 1 aromatic rings. The van der Waals surface area contributed by atoms with Crippen LogP contribution in [-0.2, 0) is 4.74 Å². The number of carbonyl (C=O) groups is 1. The van der Waals surface area contributed by atoms with Gasteiger partial charge in [0.1, 0.15) is 0 Å². The summed E-state index contributed by atoms with van der Waals surface area (Å²) in [5.74, 6) is 0.543. The van der Waals surface area contributed by atoms with Crippen LogP contribution in [0.3, 0.4) is 0 Å². The normalized spacial score (nSPS) is 31.9. The molecule has 5 nitrogen and oxygen atoms in total. The van der Waals surface area contributed by atoms with Gasteiger partial charge in [0.05, 0.1) is 12.1 Å². The highest BCUT2D eigenvalue weighted by Gasteiger charge is 2.42. The molecule has 1 N–H and O–H groups in total. The first-order valence-corrected chi connectivity index (χ1v) is 8.88. The summed E-state index contributed by atoms with van der Waals surface area (Å²) in [5.41, 5.74) is 0.674. The van der Waals surface area contributed by atoms with Gasteiger partial charge in [0, 0.05) is 43.7 Å². The zero-order valence-corrected chi connectivity index (χ0v) is 13.5. The van der Waals surface area contributed by atoms with Gasteiger partial charge in [-0.15, -0.1) is 0 Å². The first kappa shape index (κ1) is 15.1. The van der Waals surface area contributed by atoms with Crippen LogP contribution in [0.15, 0.2) is 24.5 Å². The van der Waals surface area contributed by atoms with E-state index in [1.807, 2.05) is 0 Å². The van der Waals surface area contributed by atoms with Crippen LogP contribution in [0.4, 0.5) is 0 Å². The van der Waals surface area contributed by atoms with E-state index in [1.54, 1.807) is 24.5 Å². The van der Waals surface area contributed by atoms with Crippen molar-refractivity contribution in [3.8, 4) is 0 Å². The Kier molecular flexibility index (Phi) is 4.31. The molecule has 3 atom stereocenters. The van der Waals surface area contributed by atoms with Gasteiger partial charge in [0.15, 0.2) is 0 Å². The molecular formula is C18H25N3O2. The Hall–Kier alpha value is -1.46. The number of ether oxygens (including phenoxy) is 1. The molecular weight excluding hydrogens is 290 g/mol. The van der Waals surface area contributed by atoms with Crippen molar-refractivity contribution in [2.24, 2.45) is 5.92 Å². The number of rotatable bonds is 3. The van der Waals surface area contributed by atoms with E-state index in [0.29, 0.717) is 11.5 Å². The SMILES string of the molecule is O=C(N[C@@H]1CN(C2CCC2)C[C@@H]2CCCO[C@@H]21)c1ccncc1. The fraction of sp³-hybridized carbons (Fsp3) is 0.667. The van der Waals surface area contributed by atoms with Crippen molar-refractivity contribution >= 4 is 5.91 Å². The summed E-state index contributed by atoms with van der Waals surface area (Å²) >= 11 is 0. The molecule has 2 saturated heterocycles. The molecule has 3 heterocycles. The Morgan fingerprint density at radius 2 is 2.00 bits per heavy atom. The Morgan fingerprint density at radius 1 is 1.17 bits per heavy atom. The summed E-state index contributed by atoms with van der Waals surface area (Å²) < 4.78 is 6.06. The number of pyridine rings is 1. The number of carbonyl (C=O) groups excluding carboxylic acids is 1. The van der Waals surface area contributed by atoms with Crippen molar-refractivity contribution in [1.29, 1.82) is 0 Å². The predicted octanol–water partition coefficient (Wildman–Crippen LogP) is 1.84. The maximum atomic E-state index is 12.5. The Balaban J connectivity index is 1.48. The Labute approximate surface area is 137 Å². The first-order chi connectivity index (χ1) is 11.3. The summed E-state index contributed by atoms with van der Waals surface area (Å²) in [4.78, 5) is 19.1. The molecule has 0 bridgehead atoms. The van der Waals surface area contributed by atoms with Gasteiger partial charge < -0.3 is 10.1 Å². The van der Waals surface area contributed by atoms with E-state index in [1.165, 1.54) is 25.7 Å². The molecule has 4 rings (SSSR count). The number of amides is 1. The lowest BCUT2D eigenvalue weighted by atomic mass is 9.82. The topological polar surface area (TPSA) is 54.5 Å². The van der Waals surface area contributed by atoms with Crippen molar-refractivity contribution in [3.63, 3.8) is 0 Å². The van der Waals surface area contributed by atoms with Gasteiger partial charge in [0.25, 0.3) is 5.91 Å². The summed E-state index contributed by atoms with van der Waals surface area (Å²) in [6.07, 6.45) is 9.82. The van der Waals surface area contributed by atoms with Gasteiger partial charge in [-0.2, -0.15) is 0 Å². The minimum atomic E-state index is -0.0132. The fourth-order valence-electron chi connectivity index (χ4n) is 4.17. The lowest BCUT2D eigenvalue weighted by Crippen LogP contribution is -2.63. The van der Waals surface area contributed by atoms with Crippen molar-refractivity contribution in [2.75, 3.05) is 19.7 Å². The van der Waals surface area contributed by atoms with E-state index in [9.17, 15) is 4.79 Å². The number of piperidine rings is 1. The van der Waals surface area contributed by atoms with Crippen LogP contribution >= 0.6 is 0 Å². The van der Waals surface area contributed by atoms with Crippen LogP contribution in [0, 0.1) is 5.92 Å². The average molecular weight is 315 g/mol. The van der Waals surface area contributed by atoms with E-state index >= 15 is 0 Å². The molecule has 1 amide bonds. The van der Waals surface area contributed by atoms with Crippen LogP contribution in [0.2, 0.25) is 0 Å². The molecule has 0 spiro atoms. The lowest BCUT2D eigenvalue weighted by Gasteiger charge is -2.50. The molecule has 2 aliphatic heterocycles. The number of nitrogens with one attached hydrogen (secondary N) is 1. The second kappa shape index (κ2) is 6.57. The lowest BCUT2D eigenvalue weighted by molar-refractivity contribution is -0.0957. The van der Waals surface area contributed by atoms with Crippen molar-refractivity contribution in [3.05, 3.63) is 30.1 Å². The minimum absolute atomic E-state index is 0.0132. The molecule has 1 saturated carbocycles. The average Bonchev–Trinajstić information content (AvgIpc) is 2.54. The highest BCUT2D eigenvalue weighted by Crippen LogP contribution is 2.34. The van der Waals surface area contributed by atoms with Crippen molar-refractivity contribution in [1.82, 2.24) is 15.2 Å². The number of fused-ring (bicyclic) bond motifs is 1. The van der Waals surface area contributed by atoms with E-state index in [-0.39, 0.29) is 18.1 Å². The van der Waals surface area contributed by atoms with E-state index in [2.05, 4.69) is 15.2 Å². The first-order valence-electron chi connectivity index (χ1n) is 8.88. The zero-order chi connectivity index (χ0) is 15.6. The molecule has 3 fully saturated rings. The third-order valence-electron chi connectivity index (χ3n) is 5.64. The smallest absolute Gasteiger partial charge is 0.251 e. The Bertz CT molecular complexity index is 546. The van der Waals surface area contributed by atoms with Gasteiger partial charge >= 0.3 is 0 Å². The maximum Gasteiger partial charge on any atom is 0.251 e. The monoisotopic (exact) mass is 315 g/mol. The van der Waals surface area contributed by atoms with Crippen LogP contribution in [0.25, 0.3) is 0 Å². The summed E-state index contributed by atoms with van der Waals surface area (Å²) in [6, 6.07) is 4.34. The summed E-state index contributed by atoms with van der Waals surface area (Å²) in [5, 5.41) is 3.23. The number of nitrogens with zero attached hydrogens (tertiary/aromatic N) is 2. The maximum absolute atomic E-state index is 12.5. The van der Waals surface area contributed by atoms with Gasteiger partial charge in [-0.3, -0.25) is 14.7 Å². The number of hydrogen-bond donors (Lipinski definition) is 1. The molecule has 1 aromatic heterocycles. The van der Waals surface area contributed by atoms with Crippen molar-refractivity contribution in [2.45, 2.75) is 50.3 Å². The largest absolute Gasteiger partial charge is 0.376 e. The second-order valence-electron chi connectivity index (χ2n) is 7.09. The zero-order valence-electron chi connectivity index (χ0n) is 13.5. The highest BCUT2D eigenvalue weighted by atomic mass is 16.5. The van der Waals surface area contributed by atoms with Crippen LogP contribution in [-0.4, -0.2) is 53.7 Å². The van der Waals surface area contributed by atoms with Crippen LogP contribution in [0.5, 0.6) is 0 Å². The van der Waals surface area contributed by atoms with Gasteiger partial charge in [0.2, 0.25) is 0 Å². The highest BCUT2D eigenvalue weighted by molar-refractivity contribution is 5.94. The summed E-state index contributed by atoms with van der Waals surface area (Å²) in [7, 11) is 0. The molecule has 5 heteroatoms. The molecule has 0 unspecified atom stereocenters. The van der Waals surface area contributed by atoms with E-state index < -0.39 is 0 Å². The number of hydrogen-bond acceptors (Lipinski definition) is 4. The third-order valence-corrected chi connectivity index (χ3v) is 5.64. The standard InChI is InChI=1S/C18H25N3O2/c22-18(13-6-8-19-9-7-13)20-16-12-21(15-4-1-5-15)11-14-3-2-10-23-17(14)16/h6-9,14-17H,1-5,10-12H2,(H,20,22)/t14-,16+,17-/m0/s1. The molecule has 3 aliphatic rings. The van der Waals surface area contributed by atoms with E-state index in [4.69, 9.17) is 4.74 Å². The fourth-order valence-corrected chi connectivity index (χ4v) is 4.17. The van der Waals surface area contributed by atoms with E-state index in [0.717, 1.165) is 32.2 Å². The molecule has 0 radical (unpaired) electrons. The molecule has 23 heavy (non-hydrogen) atoms. The molecule has 124 valence electrons. The second-order valence-corrected chi connectivity index (χ2v) is 7.09. The quantitative estimate of drug-likeness (QED) is 0.925. The molecule has 0 aromatic carbocycles. The van der Waals surface area contributed by atoms with Crippen LogP contribution < -0.4 is 5.32 Å². The van der Waals surface area contributed by atoms with Gasteiger partial charge in [-0.05, 0) is 43.7 Å². The predicted molar refractivity (Wildman–Crippen MR) is 87.2 cm³/mol. The number of likely N-dealkylation sites (tertiary alicyclic amines) is 1. The third kappa shape index (κ3) is 3.12. The van der Waals surface area contributed by atoms with Crippen molar-refractivity contribution < 1.29 is 9.53 Å². The summed E-state index contributed by atoms with van der Waals surface area (Å²) in [6.45, 7) is 2.88. The minimum Gasteiger partial charge on any atom is -0.376 e. The Morgan fingerprint density at radius 3 is 2.74 bits per heavy atom. The van der Waals surface area contributed by atoms with Crippen LogP contribution in [0.1, 0.15) is 42.5 Å². The number of aromatic nitrogens is 1.